The predicted octanol–water partition coefficient (Wildman–Crippen LogP) is 7.51. The molecular weight excluding hydrogens is 430 g/mol. The lowest BCUT2D eigenvalue weighted by atomic mass is 10.0. The molecule has 0 aliphatic heterocycles. The molecule has 3 rings (SSSR count). The number of unbranched alkanes of at least 4 members (excludes halogenated alkanes) is 3. The molecule has 0 aliphatic carbocycles. The Balaban J connectivity index is 1.71. The normalized spacial score (nSPS) is 11.3. The van der Waals surface area contributed by atoms with Gasteiger partial charge in [-0.25, -0.2) is 4.79 Å². The van der Waals surface area contributed by atoms with E-state index in [4.69, 9.17) is 4.84 Å². The number of ketones is 1. The highest BCUT2D eigenvalue weighted by Gasteiger charge is 2.17. The van der Waals surface area contributed by atoms with Crippen LogP contribution in [-0.2, 0) is 4.84 Å². The molecule has 5 heteroatoms. The van der Waals surface area contributed by atoms with Crippen molar-refractivity contribution in [3.63, 3.8) is 0 Å². The lowest BCUT2D eigenvalue weighted by molar-refractivity contribution is 0.0514. The Hall–Kier alpha value is -3.18. The Morgan fingerprint density at radius 1 is 0.788 bits per heavy atom. The Bertz CT molecular complexity index is 1070. The monoisotopic (exact) mass is 459 g/mol. The summed E-state index contributed by atoms with van der Waals surface area (Å²) < 4.78 is 0. The minimum absolute atomic E-state index is 0.209. The smallest absolute Gasteiger partial charge is 0.312 e. The van der Waals surface area contributed by atoms with Crippen LogP contribution in [0.3, 0.4) is 0 Å². The SMILES string of the molecule is CCCCCCC(=NOC(=O)c1ccc(C)cc1)C(=O)c1ccc(Sc2ccccc2)cc1. The Kier molecular flexibility index (Phi) is 9.45. The Morgan fingerprint density at radius 2 is 1.42 bits per heavy atom. The Labute approximate surface area is 200 Å². The van der Waals surface area contributed by atoms with Crippen LogP contribution in [0.2, 0.25) is 0 Å². The molecule has 0 amide bonds. The van der Waals surface area contributed by atoms with Gasteiger partial charge in [-0.2, -0.15) is 0 Å². The molecule has 0 aromatic heterocycles. The van der Waals surface area contributed by atoms with E-state index in [9.17, 15) is 9.59 Å². The highest BCUT2D eigenvalue weighted by Crippen LogP contribution is 2.27. The highest BCUT2D eigenvalue weighted by molar-refractivity contribution is 7.99. The van der Waals surface area contributed by atoms with Crippen LogP contribution in [0.15, 0.2) is 93.8 Å². The van der Waals surface area contributed by atoms with Gasteiger partial charge in [-0.3, -0.25) is 4.79 Å². The summed E-state index contributed by atoms with van der Waals surface area (Å²) in [5.41, 5.74) is 2.27. The Morgan fingerprint density at radius 3 is 2.09 bits per heavy atom. The minimum atomic E-state index is -0.566. The first-order valence-electron chi connectivity index (χ1n) is 11.3. The maximum Gasteiger partial charge on any atom is 0.365 e. The van der Waals surface area contributed by atoms with Crippen LogP contribution < -0.4 is 0 Å². The van der Waals surface area contributed by atoms with E-state index in [1.165, 1.54) is 0 Å². The molecule has 0 saturated heterocycles. The zero-order chi connectivity index (χ0) is 23.5. The molecule has 170 valence electrons. The van der Waals surface area contributed by atoms with Gasteiger partial charge in [0.2, 0.25) is 5.78 Å². The van der Waals surface area contributed by atoms with E-state index in [0.717, 1.165) is 41.0 Å². The highest BCUT2D eigenvalue weighted by atomic mass is 32.2. The quantitative estimate of drug-likeness (QED) is 0.0978. The number of nitrogens with zero attached hydrogens (tertiary/aromatic N) is 1. The van der Waals surface area contributed by atoms with Crippen molar-refractivity contribution >= 4 is 29.2 Å². The van der Waals surface area contributed by atoms with Crippen LogP contribution in [0.1, 0.15) is 65.3 Å². The van der Waals surface area contributed by atoms with E-state index in [1.54, 1.807) is 36.0 Å². The number of aryl methyl sites for hydroxylation is 1. The lowest BCUT2D eigenvalue weighted by Gasteiger charge is -2.07. The topological polar surface area (TPSA) is 55.7 Å². The van der Waals surface area contributed by atoms with Gasteiger partial charge >= 0.3 is 5.97 Å². The second-order valence-electron chi connectivity index (χ2n) is 7.86. The third kappa shape index (κ3) is 7.72. The minimum Gasteiger partial charge on any atom is -0.312 e. The average molecular weight is 460 g/mol. The second kappa shape index (κ2) is 12.8. The van der Waals surface area contributed by atoms with Gasteiger partial charge in [0.25, 0.3) is 0 Å². The standard InChI is InChI=1S/C28H29NO3S/c1-3-4-5-9-12-26(29-32-28(31)23-15-13-21(2)14-16-23)27(30)22-17-19-25(20-18-22)33-24-10-7-6-8-11-24/h6-8,10-11,13-20H,3-5,9,12H2,1-2H3. The summed E-state index contributed by atoms with van der Waals surface area (Å²) in [4.78, 5) is 32.9. The van der Waals surface area contributed by atoms with Crippen molar-refractivity contribution in [3.05, 3.63) is 95.6 Å². The van der Waals surface area contributed by atoms with Crippen LogP contribution in [0.25, 0.3) is 0 Å². The summed E-state index contributed by atoms with van der Waals surface area (Å²) in [5.74, 6) is -0.775. The summed E-state index contributed by atoms with van der Waals surface area (Å²) in [6.07, 6.45) is 4.49. The van der Waals surface area contributed by atoms with E-state index in [1.807, 2.05) is 61.5 Å². The van der Waals surface area contributed by atoms with Gasteiger partial charge in [0.15, 0.2) is 0 Å². The van der Waals surface area contributed by atoms with Gasteiger partial charge in [0, 0.05) is 15.4 Å². The van der Waals surface area contributed by atoms with Crippen molar-refractivity contribution < 1.29 is 14.4 Å². The third-order valence-electron chi connectivity index (χ3n) is 5.15. The van der Waals surface area contributed by atoms with E-state index < -0.39 is 5.97 Å². The molecular formula is C28H29NO3S. The van der Waals surface area contributed by atoms with Gasteiger partial charge in [-0.1, -0.05) is 79.0 Å². The zero-order valence-electron chi connectivity index (χ0n) is 19.1. The van der Waals surface area contributed by atoms with Crippen molar-refractivity contribution in [1.82, 2.24) is 0 Å². The average Bonchev–Trinajstić information content (AvgIpc) is 2.84. The number of oxime groups is 1. The van der Waals surface area contributed by atoms with Gasteiger partial charge < -0.3 is 4.84 Å². The van der Waals surface area contributed by atoms with Crippen molar-refractivity contribution in [2.75, 3.05) is 0 Å². The molecule has 0 saturated carbocycles. The van der Waals surface area contributed by atoms with Crippen LogP contribution in [0, 0.1) is 6.92 Å². The molecule has 0 atom stereocenters. The summed E-state index contributed by atoms with van der Waals surface area (Å²) >= 11 is 1.64. The summed E-state index contributed by atoms with van der Waals surface area (Å²) in [6, 6.07) is 24.6. The largest absolute Gasteiger partial charge is 0.365 e. The number of hydrogen-bond donors (Lipinski definition) is 0. The number of hydrogen-bond acceptors (Lipinski definition) is 5. The fraction of sp³-hybridized carbons (Fsp3) is 0.250. The van der Waals surface area contributed by atoms with E-state index >= 15 is 0 Å². The van der Waals surface area contributed by atoms with Gasteiger partial charge in [-0.05, 0) is 68.3 Å². The van der Waals surface area contributed by atoms with Crippen molar-refractivity contribution in [2.24, 2.45) is 5.16 Å². The van der Waals surface area contributed by atoms with E-state index in [2.05, 4.69) is 12.1 Å². The first-order valence-corrected chi connectivity index (χ1v) is 12.1. The fourth-order valence-corrected chi connectivity index (χ4v) is 4.06. The number of Topliss-reactive ketones (excluding diaryl/α,β-unsaturated/α-hetero) is 1. The number of carbonyl (C=O) groups excluding carboxylic acids is 2. The van der Waals surface area contributed by atoms with Gasteiger partial charge in [-0.15, -0.1) is 0 Å². The van der Waals surface area contributed by atoms with Gasteiger partial charge in [0.05, 0.1) is 5.56 Å². The zero-order valence-corrected chi connectivity index (χ0v) is 19.9. The molecule has 0 N–H and O–H groups in total. The van der Waals surface area contributed by atoms with E-state index in [-0.39, 0.29) is 11.5 Å². The van der Waals surface area contributed by atoms with Crippen LogP contribution in [0.5, 0.6) is 0 Å². The molecule has 0 radical (unpaired) electrons. The summed E-state index contributed by atoms with van der Waals surface area (Å²) in [5, 5.41) is 4.00. The van der Waals surface area contributed by atoms with Crippen LogP contribution in [0.4, 0.5) is 0 Å². The maximum atomic E-state index is 13.1. The number of benzene rings is 3. The van der Waals surface area contributed by atoms with Crippen LogP contribution in [-0.4, -0.2) is 17.5 Å². The molecule has 0 fully saturated rings. The molecule has 0 heterocycles. The first kappa shape index (κ1) is 24.5. The lowest BCUT2D eigenvalue weighted by Crippen LogP contribution is -2.16. The molecule has 4 nitrogen and oxygen atoms in total. The molecule has 3 aromatic carbocycles. The van der Waals surface area contributed by atoms with Crippen molar-refractivity contribution in [2.45, 2.75) is 55.7 Å². The molecule has 0 aliphatic rings. The summed E-state index contributed by atoms with van der Waals surface area (Å²) in [7, 11) is 0. The first-order chi connectivity index (χ1) is 16.1. The third-order valence-corrected chi connectivity index (χ3v) is 6.17. The molecule has 0 spiro atoms. The number of rotatable bonds is 11. The second-order valence-corrected chi connectivity index (χ2v) is 9.01. The van der Waals surface area contributed by atoms with E-state index in [0.29, 0.717) is 17.5 Å². The van der Waals surface area contributed by atoms with Gasteiger partial charge in [0.1, 0.15) is 5.71 Å². The summed E-state index contributed by atoms with van der Waals surface area (Å²) in [6.45, 7) is 4.09. The van der Waals surface area contributed by atoms with Crippen molar-refractivity contribution in [1.29, 1.82) is 0 Å². The molecule has 33 heavy (non-hydrogen) atoms. The number of carbonyl (C=O) groups is 2. The fourth-order valence-electron chi connectivity index (χ4n) is 3.22. The maximum absolute atomic E-state index is 13.1. The molecule has 3 aromatic rings. The van der Waals surface area contributed by atoms with Crippen molar-refractivity contribution in [3.8, 4) is 0 Å². The molecule has 0 bridgehead atoms. The molecule has 0 unspecified atom stereocenters. The predicted molar refractivity (Wildman–Crippen MR) is 134 cm³/mol. The van der Waals surface area contributed by atoms with Crippen LogP contribution >= 0.6 is 11.8 Å².